The van der Waals surface area contributed by atoms with Crippen LogP contribution < -0.4 is 0 Å². The van der Waals surface area contributed by atoms with Gasteiger partial charge in [-0.05, 0) is 24.4 Å². The fourth-order valence-corrected chi connectivity index (χ4v) is 1.44. The van der Waals surface area contributed by atoms with E-state index >= 15 is 0 Å². The quantitative estimate of drug-likeness (QED) is 0.544. The third-order valence-corrected chi connectivity index (χ3v) is 1.90. The molecular formula is C8H2Cl2N2S. The van der Waals surface area contributed by atoms with Crippen molar-refractivity contribution in [3.63, 3.8) is 0 Å². The minimum absolute atomic E-state index is 0.287. The number of halogens is 2. The van der Waals surface area contributed by atoms with Crippen LogP contribution in [0.5, 0.6) is 0 Å². The summed E-state index contributed by atoms with van der Waals surface area (Å²) in [5.74, 6) is 0. The first-order chi connectivity index (χ1) is 6.19. The Hall–Kier alpha value is -0.910. The molecule has 0 saturated heterocycles. The molecule has 0 spiro atoms. The zero-order valence-electron chi connectivity index (χ0n) is 6.21. The normalized spacial score (nSPS) is 8.69. The van der Waals surface area contributed by atoms with Gasteiger partial charge in [-0.2, -0.15) is 10.3 Å². The highest BCUT2D eigenvalue weighted by Crippen LogP contribution is 2.31. The van der Waals surface area contributed by atoms with E-state index in [0.29, 0.717) is 15.7 Å². The van der Waals surface area contributed by atoms with Crippen molar-refractivity contribution in [2.24, 2.45) is 4.99 Å². The molecule has 0 fully saturated rings. The number of isothiocyanates is 1. The van der Waals surface area contributed by atoms with Crippen LogP contribution in [0.15, 0.2) is 17.1 Å². The maximum atomic E-state index is 8.70. The number of nitriles is 1. The summed E-state index contributed by atoms with van der Waals surface area (Å²) in [6.45, 7) is 0. The fraction of sp³-hybridized carbons (Fsp3) is 0. The van der Waals surface area contributed by atoms with Gasteiger partial charge in [0.2, 0.25) is 0 Å². The summed E-state index contributed by atoms with van der Waals surface area (Å²) < 4.78 is 0. The Kier molecular flexibility index (Phi) is 3.41. The second-order valence-corrected chi connectivity index (χ2v) is 3.12. The Morgan fingerprint density at radius 3 is 2.62 bits per heavy atom. The average molecular weight is 229 g/mol. The minimum atomic E-state index is 0.287. The molecule has 0 atom stereocenters. The van der Waals surface area contributed by atoms with Crippen LogP contribution in [0.1, 0.15) is 5.56 Å². The van der Waals surface area contributed by atoms with E-state index in [1.54, 1.807) is 0 Å². The molecule has 0 unspecified atom stereocenters. The second kappa shape index (κ2) is 4.36. The van der Waals surface area contributed by atoms with Crippen molar-refractivity contribution in [1.29, 1.82) is 5.26 Å². The third-order valence-electron chi connectivity index (χ3n) is 1.31. The lowest BCUT2D eigenvalue weighted by molar-refractivity contribution is 1.45. The van der Waals surface area contributed by atoms with E-state index in [1.165, 1.54) is 12.1 Å². The fourth-order valence-electron chi connectivity index (χ4n) is 0.810. The van der Waals surface area contributed by atoms with Gasteiger partial charge < -0.3 is 0 Å². The highest BCUT2D eigenvalue weighted by Gasteiger charge is 2.07. The van der Waals surface area contributed by atoms with E-state index in [2.05, 4.69) is 22.4 Å². The van der Waals surface area contributed by atoms with Gasteiger partial charge in [0.05, 0.1) is 15.7 Å². The maximum Gasteiger partial charge on any atom is 0.110 e. The molecule has 1 aromatic rings. The number of hydrogen-bond acceptors (Lipinski definition) is 3. The molecule has 2 nitrogen and oxygen atoms in total. The van der Waals surface area contributed by atoms with Crippen molar-refractivity contribution in [3.8, 4) is 6.07 Å². The molecule has 0 bridgehead atoms. The molecule has 0 aliphatic rings. The van der Waals surface area contributed by atoms with Crippen molar-refractivity contribution >= 4 is 46.3 Å². The van der Waals surface area contributed by atoms with Gasteiger partial charge in [0.25, 0.3) is 0 Å². The number of nitrogens with zero attached hydrogens (tertiary/aromatic N) is 2. The summed E-state index contributed by atoms with van der Waals surface area (Å²) in [4.78, 5) is 3.67. The Bertz CT molecular complexity index is 431. The lowest BCUT2D eigenvalue weighted by Gasteiger charge is -1.99. The van der Waals surface area contributed by atoms with Crippen LogP contribution in [0.2, 0.25) is 10.0 Å². The molecular weight excluding hydrogens is 227 g/mol. The molecule has 0 heterocycles. The maximum absolute atomic E-state index is 8.70. The molecule has 0 aliphatic carbocycles. The molecule has 1 rings (SSSR count). The average Bonchev–Trinajstić information content (AvgIpc) is 2.09. The van der Waals surface area contributed by atoms with Crippen molar-refractivity contribution < 1.29 is 0 Å². The standard InChI is InChI=1S/C8H2Cl2N2S/c9-6-1-5(3-11)8(12-4-13)7(10)2-6/h1-2H. The zero-order valence-corrected chi connectivity index (χ0v) is 8.54. The Labute approximate surface area is 90.4 Å². The van der Waals surface area contributed by atoms with Gasteiger partial charge in [-0.25, -0.2) is 0 Å². The van der Waals surface area contributed by atoms with Crippen LogP contribution in [0.25, 0.3) is 0 Å². The molecule has 0 aliphatic heterocycles. The largest absolute Gasteiger partial charge is 0.192 e. The third kappa shape index (κ3) is 2.27. The topological polar surface area (TPSA) is 36.1 Å². The SMILES string of the molecule is N#Cc1cc(Cl)cc(Cl)c1N=C=S. The summed E-state index contributed by atoms with van der Waals surface area (Å²) in [5.41, 5.74) is 0.596. The molecule has 0 aromatic heterocycles. The number of aliphatic imine (C=N–C) groups is 1. The van der Waals surface area contributed by atoms with Crippen LogP contribution in [0.4, 0.5) is 5.69 Å². The highest BCUT2D eigenvalue weighted by atomic mass is 35.5. The van der Waals surface area contributed by atoms with Gasteiger partial charge in [-0.3, -0.25) is 0 Å². The van der Waals surface area contributed by atoms with Gasteiger partial charge in [-0.15, -0.1) is 0 Å². The summed E-state index contributed by atoms with van der Waals surface area (Å²) in [6.07, 6.45) is 0. The summed E-state index contributed by atoms with van der Waals surface area (Å²) in [6, 6.07) is 4.88. The first-order valence-corrected chi connectivity index (χ1v) is 4.32. The first kappa shape index (κ1) is 10.2. The Morgan fingerprint density at radius 2 is 2.08 bits per heavy atom. The molecule has 0 radical (unpaired) electrons. The van der Waals surface area contributed by atoms with E-state index < -0.39 is 0 Å². The van der Waals surface area contributed by atoms with E-state index in [9.17, 15) is 0 Å². The summed E-state index contributed by atoms with van der Waals surface area (Å²) >= 11 is 15.9. The van der Waals surface area contributed by atoms with E-state index in [4.69, 9.17) is 28.5 Å². The highest BCUT2D eigenvalue weighted by molar-refractivity contribution is 7.78. The predicted molar refractivity (Wildman–Crippen MR) is 55.9 cm³/mol. The molecule has 0 amide bonds. The van der Waals surface area contributed by atoms with Crippen LogP contribution in [-0.4, -0.2) is 5.16 Å². The van der Waals surface area contributed by atoms with Gasteiger partial charge in [0.15, 0.2) is 0 Å². The smallest absolute Gasteiger partial charge is 0.110 e. The van der Waals surface area contributed by atoms with Crippen molar-refractivity contribution in [2.75, 3.05) is 0 Å². The van der Waals surface area contributed by atoms with Crippen LogP contribution in [-0.2, 0) is 0 Å². The van der Waals surface area contributed by atoms with Gasteiger partial charge >= 0.3 is 0 Å². The van der Waals surface area contributed by atoms with Crippen molar-refractivity contribution in [1.82, 2.24) is 0 Å². The molecule has 64 valence electrons. The van der Waals surface area contributed by atoms with Gasteiger partial charge in [0, 0.05) is 5.02 Å². The van der Waals surface area contributed by atoms with Crippen LogP contribution in [0, 0.1) is 11.3 Å². The van der Waals surface area contributed by atoms with E-state index in [1.807, 2.05) is 6.07 Å². The molecule has 0 saturated carbocycles. The number of hydrogen-bond donors (Lipinski definition) is 0. The lowest BCUT2D eigenvalue weighted by Crippen LogP contribution is -1.78. The van der Waals surface area contributed by atoms with Crippen molar-refractivity contribution in [2.45, 2.75) is 0 Å². The van der Waals surface area contributed by atoms with Crippen LogP contribution in [0.3, 0.4) is 0 Å². The van der Waals surface area contributed by atoms with E-state index in [0.717, 1.165) is 0 Å². The number of rotatable bonds is 1. The van der Waals surface area contributed by atoms with Crippen molar-refractivity contribution in [3.05, 3.63) is 27.7 Å². The zero-order chi connectivity index (χ0) is 9.84. The Balaban J connectivity index is 3.49. The monoisotopic (exact) mass is 228 g/mol. The van der Waals surface area contributed by atoms with Gasteiger partial charge in [-0.1, -0.05) is 23.2 Å². The summed E-state index contributed by atoms with van der Waals surface area (Å²) in [5, 5.41) is 11.5. The molecule has 1 aromatic carbocycles. The Morgan fingerprint density at radius 1 is 1.38 bits per heavy atom. The second-order valence-electron chi connectivity index (χ2n) is 2.10. The van der Waals surface area contributed by atoms with Gasteiger partial charge in [0.1, 0.15) is 11.8 Å². The van der Waals surface area contributed by atoms with Crippen LogP contribution >= 0.6 is 35.4 Å². The molecule has 5 heteroatoms. The number of benzene rings is 1. The first-order valence-electron chi connectivity index (χ1n) is 3.16. The van der Waals surface area contributed by atoms with E-state index in [-0.39, 0.29) is 5.56 Å². The molecule has 0 N–H and O–H groups in total. The lowest BCUT2D eigenvalue weighted by atomic mass is 10.2. The summed E-state index contributed by atoms with van der Waals surface area (Å²) in [7, 11) is 0. The predicted octanol–water partition coefficient (Wildman–Crippen LogP) is 3.60. The number of thiocarbonyl (C=S) groups is 1. The molecule has 13 heavy (non-hydrogen) atoms. The minimum Gasteiger partial charge on any atom is -0.192 e.